The predicted octanol–water partition coefficient (Wildman–Crippen LogP) is 2.75. The lowest BCUT2D eigenvalue weighted by molar-refractivity contribution is 0.112. The molecular formula is C16H18N4O. The van der Waals surface area contributed by atoms with Crippen molar-refractivity contribution in [2.45, 2.75) is 26.9 Å². The third-order valence-electron chi connectivity index (χ3n) is 3.49. The Morgan fingerprint density at radius 3 is 2.90 bits per heavy atom. The van der Waals surface area contributed by atoms with Crippen molar-refractivity contribution >= 4 is 17.2 Å². The van der Waals surface area contributed by atoms with Crippen molar-refractivity contribution in [2.75, 3.05) is 0 Å². The number of benzene rings is 1. The minimum absolute atomic E-state index is 0.511. The molecule has 0 bridgehead atoms. The van der Waals surface area contributed by atoms with Gasteiger partial charge in [-0.1, -0.05) is 26.0 Å². The fourth-order valence-electron chi connectivity index (χ4n) is 2.58. The van der Waals surface area contributed by atoms with Crippen LogP contribution in [0.3, 0.4) is 0 Å². The van der Waals surface area contributed by atoms with Crippen molar-refractivity contribution in [1.29, 1.82) is 0 Å². The molecule has 0 aliphatic carbocycles. The summed E-state index contributed by atoms with van der Waals surface area (Å²) in [4.78, 5) is 15.6. The number of hydrogen-bond acceptors (Lipinski definition) is 3. The van der Waals surface area contributed by atoms with Crippen LogP contribution in [-0.4, -0.2) is 25.6 Å². The van der Waals surface area contributed by atoms with Crippen LogP contribution in [0.25, 0.3) is 10.9 Å². The standard InChI is InChI=1S/C16H18N4O/c1-12(2)8-20-15(17-11-18-20)9-19-7-6-13-4-3-5-14(10-21)16(13)19/h3-7,10-12H,8-9H2,1-2H3. The van der Waals surface area contributed by atoms with E-state index in [2.05, 4.69) is 28.5 Å². The zero-order valence-electron chi connectivity index (χ0n) is 12.2. The van der Waals surface area contributed by atoms with Crippen LogP contribution < -0.4 is 0 Å². The Hall–Kier alpha value is -2.43. The highest BCUT2D eigenvalue weighted by Crippen LogP contribution is 2.20. The molecular weight excluding hydrogens is 264 g/mol. The van der Waals surface area contributed by atoms with E-state index >= 15 is 0 Å². The molecule has 0 saturated heterocycles. The number of nitrogens with zero attached hydrogens (tertiary/aromatic N) is 4. The second-order valence-electron chi connectivity index (χ2n) is 5.60. The molecule has 1 aromatic carbocycles. The zero-order chi connectivity index (χ0) is 14.8. The maximum Gasteiger partial charge on any atom is 0.152 e. The summed E-state index contributed by atoms with van der Waals surface area (Å²) in [5.74, 6) is 1.42. The number of fused-ring (bicyclic) bond motifs is 1. The second-order valence-corrected chi connectivity index (χ2v) is 5.60. The highest BCUT2D eigenvalue weighted by Gasteiger charge is 2.10. The summed E-state index contributed by atoms with van der Waals surface area (Å²) >= 11 is 0. The van der Waals surface area contributed by atoms with Crippen molar-refractivity contribution in [2.24, 2.45) is 5.92 Å². The van der Waals surface area contributed by atoms with Crippen LogP contribution in [0.1, 0.15) is 30.0 Å². The number of aromatic nitrogens is 4. The summed E-state index contributed by atoms with van der Waals surface area (Å²) in [7, 11) is 0. The maximum atomic E-state index is 11.2. The van der Waals surface area contributed by atoms with Gasteiger partial charge in [-0.2, -0.15) is 5.10 Å². The fraction of sp³-hybridized carbons (Fsp3) is 0.312. The average Bonchev–Trinajstić information content (AvgIpc) is 3.06. The van der Waals surface area contributed by atoms with Crippen LogP contribution in [0.5, 0.6) is 0 Å². The van der Waals surface area contributed by atoms with Gasteiger partial charge in [0.1, 0.15) is 12.2 Å². The van der Waals surface area contributed by atoms with Crippen LogP contribution in [0.2, 0.25) is 0 Å². The van der Waals surface area contributed by atoms with Gasteiger partial charge >= 0.3 is 0 Å². The first-order chi connectivity index (χ1) is 10.2. The number of carbonyl (C=O) groups excluding carboxylic acids is 1. The lowest BCUT2D eigenvalue weighted by Crippen LogP contribution is -2.13. The molecule has 2 heterocycles. The van der Waals surface area contributed by atoms with E-state index < -0.39 is 0 Å². The molecule has 3 aromatic rings. The Balaban J connectivity index is 1.99. The lowest BCUT2D eigenvalue weighted by atomic mass is 10.1. The Kier molecular flexibility index (Phi) is 3.56. The van der Waals surface area contributed by atoms with Gasteiger partial charge in [0.25, 0.3) is 0 Å². The van der Waals surface area contributed by atoms with Crippen molar-refractivity contribution < 1.29 is 4.79 Å². The molecule has 0 N–H and O–H groups in total. The normalized spacial score (nSPS) is 11.4. The van der Waals surface area contributed by atoms with E-state index in [1.165, 1.54) is 0 Å². The van der Waals surface area contributed by atoms with Gasteiger partial charge in [0.2, 0.25) is 0 Å². The molecule has 2 aromatic heterocycles. The monoisotopic (exact) mass is 282 g/mol. The molecule has 0 aliphatic heterocycles. The summed E-state index contributed by atoms with van der Waals surface area (Å²) in [6.45, 7) is 5.76. The molecule has 0 atom stereocenters. The van der Waals surface area contributed by atoms with Gasteiger partial charge in [-0.3, -0.25) is 4.79 Å². The van der Waals surface area contributed by atoms with Gasteiger partial charge in [-0.05, 0) is 18.1 Å². The number of para-hydroxylation sites is 1. The maximum absolute atomic E-state index is 11.2. The van der Waals surface area contributed by atoms with Crippen molar-refractivity contribution in [3.63, 3.8) is 0 Å². The number of rotatable bonds is 5. The highest BCUT2D eigenvalue weighted by atomic mass is 16.1. The van der Waals surface area contributed by atoms with Crippen molar-refractivity contribution in [3.05, 3.63) is 48.2 Å². The summed E-state index contributed by atoms with van der Waals surface area (Å²) < 4.78 is 3.99. The zero-order valence-corrected chi connectivity index (χ0v) is 12.2. The largest absolute Gasteiger partial charge is 0.339 e. The number of hydrogen-bond donors (Lipinski definition) is 0. The van der Waals surface area contributed by atoms with E-state index in [0.717, 1.165) is 29.6 Å². The van der Waals surface area contributed by atoms with E-state index in [1.54, 1.807) is 6.33 Å². The lowest BCUT2D eigenvalue weighted by Gasteiger charge is -2.10. The Morgan fingerprint density at radius 1 is 1.29 bits per heavy atom. The van der Waals surface area contributed by atoms with Gasteiger partial charge in [0.15, 0.2) is 6.29 Å². The minimum atomic E-state index is 0.511. The minimum Gasteiger partial charge on any atom is -0.339 e. The molecule has 3 rings (SSSR count). The van der Waals surface area contributed by atoms with E-state index in [0.29, 0.717) is 18.0 Å². The smallest absolute Gasteiger partial charge is 0.152 e. The second kappa shape index (κ2) is 5.52. The van der Waals surface area contributed by atoms with Crippen molar-refractivity contribution in [1.82, 2.24) is 19.3 Å². The molecule has 0 amide bonds. The molecule has 108 valence electrons. The Morgan fingerprint density at radius 2 is 2.14 bits per heavy atom. The highest BCUT2D eigenvalue weighted by molar-refractivity contribution is 5.96. The summed E-state index contributed by atoms with van der Waals surface area (Å²) in [6, 6.07) is 7.77. The first-order valence-electron chi connectivity index (χ1n) is 7.08. The van der Waals surface area contributed by atoms with Crippen LogP contribution >= 0.6 is 0 Å². The molecule has 0 fully saturated rings. The fourth-order valence-corrected chi connectivity index (χ4v) is 2.58. The molecule has 0 aliphatic rings. The van der Waals surface area contributed by atoms with Crippen molar-refractivity contribution in [3.8, 4) is 0 Å². The first kappa shape index (κ1) is 13.5. The van der Waals surface area contributed by atoms with Gasteiger partial charge in [0, 0.05) is 23.7 Å². The molecule has 5 nitrogen and oxygen atoms in total. The molecule has 0 spiro atoms. The Bertz CT molecular complexity index is 770. The van der Waals surface area contributed by atoms with E-state index in [-0.39, 0.29) is 0 Å². The average molecular weight is 282 g/mol. The van der Waals surface area contributed by atoms with E-state index in [9.17, 15) is 4.79 Å². The van der Waals surface area contributed by atoms with Gasteiger partial charge < -0.3 is 4.57 Å². The van der Waals surface area contributed by atoms with E-state index in [1.807, 2.05) is 35.1 Å². The molecule has 5 heteroatoms. The summed E-state index contributed by atoms with van der Waals surface area (Å²) in [6.07, 6.45) is 4.48. The summed E-state index contributed by atoms with van der Waals surface area (Å²) in [5.41, 5.74) is 1.65. The molecule has 0 unspecified atom stereocenters. The number of carbonyl (C=O) groups is 1. The summed E-state index contributed by atoms with van der Waals surface area (Å²) in [5, 5.41) is 5.35. The quantitative estimate of drug-likeness (QED) is 0.676. The van der Waals surface area contributed by atoms with Crippen LogP contribution in [0, 0.1) is 5.92 Å². The Labute approximate surface area is 123 Å². The van der Waals surface area contributed by atoms with Crippen LogP contribution in [0.4, 0.5) is 0 Å². The van der Waals surface area contributed by atoms with Gasteiger partial charge in [0.05, 0.1) is 12.1 Å². The van der Waals surface area contributed by atoms with E-state index in [4.69, 9.17) is 0 Å². The molecule has 0 radical (unpaired) electrons. The predicted molar refractivity (Wildman–Crippen MR) is 81.3 cm³/mol. The van der Waals surface area contributed by atoms with Crippen LogP contribution in [0.15, 0.2) is 36.8 Å². The molecule has 0 saturated carbocycles. The third kappa shape index (κ3) is 2.59. The molecule has 21 heavy (non-hydrogen) atoms. The van der Waals surface area contributed by atoms with Gasteiger partial charge in [-0.15, -0.1) is 0 Å². The topological polar surface area (TPSA) is 52.7 Å². The number of aldehydes is 1. The van der Waals surface area contributed by atoms with Gasteiger partial charge in [-0.25, -0.2) is 9.67 Å². The first-order valence-corrected chi connectivity index (χ1v) is 7.08. The third-order valence-corrected chi connectivity index (χ3v) is 3.49. The van der Waals surface area contributed by atoms with Crippen LogP contribution in [-0.2, 0) is 13.1 Å². The SMILES string of the molecule is CC(C)Cn1ncnc1Cn1ccc2cccc(C=O)c21.